The standard InChI is InChI=1S/C24H29N3O6S/c1-14-20(23(29)33-11-10-30-2)21(17-6-5-7-18(31-3)22(17)32-4)27-16(13-34-24(27)25-14)12-19(28)26-15-8-9-15/h5-7,13,15,21H,8-12H2,1-4H3,(H,26,28). The first-order valence-electron chi connectivity index (χ1n) is 11.1. The molecule has 4 rings (SSSR count). The Bertz CT molecular complexity index is 1060. The molecule has 0 aromatic heterocycles. The van der Waals surface area contributed by atoms with Crippen LogP contribution in [0.2, 0.25) is 0 Å². The highest BCUT2D eigenvalue weighted by molar-refractivity contribution is 8.16. The van der Waals surface area contributed by atoms with Crippen LogP contribution in [0.15, 0.2) is 45.6 Å². The van der Waals surface area contributed by atoms with Crippen LogP contribution in [-0.4, -0.2) is 62.5 Å². The SMILES string of the molecule is COCCOC(=O)C1=C(C)N=C2SC=C(CC(=O)NC3CC3)N2C1c1cccc(OC)c1OC. The molecule has 10 heteroatoms. The van der Waals surface area contributed by atoms with Crippen LogP contribution in [-0.2, 0) is 19.1 Å². The van der Waals surface area contributed by atoms with Crippen molar-refractivity contribution < 1.29 is 28.5 Å². The number of allylic oxidation sites excluding steroid dienone is 1. The number of carbonyl (C=O) groups excluding carboxylic acids is 2. The van der Waals surface area contributed by atoms with Crippen molar-refractivity contribution in [1.82, 2.24) is 10.2 Å². The maximum Gasteiger partial charge on any atom is 0.338 e. The molecule has 1 aliphatic carbocycles. The first-order chi connectivity index (χ1) is 16.5. The number of amides is 1. The van der Waals surface area contributed by atoms with Crippen molar-refractivity contribution in [2.45, 2.75) is 38.3 Å². The minimum Gasteiger partial charge on any atom is -0.493 e. The number of aliphatic imine (C=N–C) groups is 1. The van der Waals surface area contributed by atoms with Gasteiger partial charge in [0.05, 0.1) is 44.6 Å². The highest BCUT2D eigenvalue weighted by Crippen LogP contribution is 2.48. The van der Waals surface area contributed by atoms with Crippen molar-refractivity contribution in [2.24, 2.45) is 4.99 Å². The van der Waals surface area contributed by atoms with Gasteiger partial charge in [0.2, 0.25) is 5.91 Å². The van der Waals surface area contributed by atoms with Crippen molar-refractivity contribution in [3.63, 3.8) is 0 Å². The molecule has 0 radical (unpaired) electrons. The van der Waals surface area contributed by atoms with E-state index < -0.39 is 12.0 Å². The van der Waals surface area contributed by atoms with Crippen LogP contribution in [0.3, 0.4) is 0 Å². The van der Waals surface area contributed by atoms with E-state index >= 15 is 0 Å². The van der Waals surface area contributed by atoms with E-state index in [0.717, 1.165) is 18.5 Å². The van der Waals surface area contributed by atoms with Gasteiger partial charge in [-0.1, -0.05) is 23.9 Å². The average molecular weight is 488 g/mol. The lowest BCUT2D eigenvalue weighted by Crippen LogP contribution is -2.38. The topological polar surface area (TPSA) is 98.7 Å². The van der Waals surface area contributed by atoms with E-state index in [-0.39, 0.29) is 31.6 Å². The van der Waals surface area contributed by atoms with E-state index in [2.05, 4.69) is 10.3 Å². The van der Waals surface area contributed by atoms with Crippen LogP contribution in [0.5, 0.6) is 11.5 Å². The largest absolute Gasteiger partial charge is 0.493 e. The molecule has 2 aliphatic heterocycles. The Kier molecular flexibility index (Phi) is 7.47. The minimum atomic E-state index is -0.609. The smallest absolute Gasteiger partial charge is 0.338 e. The average Bonchev–Trinajstić information content (AvgIpc) is 3.56. The van der Waals surface area contributed by atoms with Crippen LogP contribution in [0.4, 0.5) is 0 Å². The molecule has 1 N–H and O–H groups in total. The number of hydrogen-bond acceptors (Lipinski definition) is 9. The van der Waals surface area contributed by atoms with E-state index in [9.17, 15) is 9.59 Å². The summed E-state index contributed by atoms with van der Waals surface area (Å²) in [5.74, 6) is 0.496. The summed E-state index contributed by atoms with van der Waals surface area (Å²) in [5, 5.41) is 5.63. The van der Waals surface area contributed by atoms with E-state index in [4.69, 9.17) is 18.9 Å². The molecule has 0 bridgehead atoms. The number of thioether (sulfide) groups is 1. The van der Waals surface area contributed by atoms with E-state index in [1.165, 1.54) is 11.8 Å². The number of rotatable bonds is 10. The normalized spacial score (nSPS) is 19.3. The highest BCUT2D eigenvalue weighted by Gasteiger charge is 2.43. The molecular weight excluding hydrogens is 458 g/mol. The number of nitrogens with one attached hydrogen (secondary N) is 1. The van der Waals surface area contributed by atoms with Gasteiger partial charge < -0.3 is 29.2 Å². The molecule has 34 heavy (non-hydrogen) atoms. The van der Waals surface area contributed by atoms with Gasteiger partial charge in [0, 0.05) is 24.4 Å². The Hall–Kier alpha value is -2.98. The number of nitrogens with zero attached hydrogens (tertiary/aromatic N) is 2. The number of fused-ring (bicyclic) bond motifs is 1. The van der Waals surface area contributed by atoms with Gasteiger partial charge in [-0.15, -0.1) is 0 Å². The summed E-state index contributed by atoms with van der Waals surface area (Å²) in [6.45, 7) is 2.19. The molecule has 1 amide bonds. The van der Waals surface area contributed by atoms with Crippen LogP contribution >= 0.6 is 11.8 Å². The Balaban J connectivity index is 1.75. The summed E-state index contributed by atoms with van der Waals surface area (Å²) in [5.41, 5.74) is 2.39. The first kappa shape index (κ1) is 24.2. The van der Waals surface area contributed by atoms with Gasteiger partial charge in [0.25, 0.3) is 0 Å². The number of para-hydroxylation sites is 1. The predicted octanol–water partition coefficient (Wildman–Crippen LogP) is 3.14. The molecule has 2 heterocycles. The maximum atomic E-state index is 13.3. The second kappa shape index (κ2) is 10.5. The molecular formula is C24H29N3O6S. The summed E-state index contributed by atoms with van der Waals surface area (Å²) in [4.78, 5) is 32.5. The van der Waals surface area contributed by atoms with Gasteiger partial charge in [-0.3, -0.25) is 4.79 Å². The third-order valence-corrected chi connectivity index (χ3v) is 6.64. The molecule has 182 valence electrons. The van der Waals surface area contributed by atoms with Crippen LogP contribution in [0, 0.1) is 0 Å². The summed E-state index contributed by atoms with van der Waals surface area (Å²) >= 11 is 1.43. The van der Waals surface area contributed by atoms with Crippen molar-refractivity contribution in [1.29, 1.82) is 0 Å². The summed E-state index contributed by atoms with van der Waals surface area (Å²) < 4.78 is 21.8. The summed E-state index contributed by atoms with van der Waals surface area (Å²) in [6, 6.07) is 5.18. The Morgan fingerprint density at radius 1 is 1.18 bits per heavy atom. The van der Waals surface area contributed by atoms with Gasteiger partial charge in [-0.2, -0.15) is 0 Å². The molecule has 1 fully saturated rings. The zero-order chi connectivity index (χ0) is 24.2. The number of esters is 1. The fraction of sp³-hybridized carbons (Fsp3) is 0.458. The van der Waals surface area contributed by atoms with E-state index in [1.54, 1.807) is 34.3 Å². The molecule has 1 saturated carbocycles. The second-order valence-electron chi connectivity index (χ2n) is 8.12. The zero-order valence-electron chi connectivity index (χ0n) is 19.8. The molecule has 1 unspecified atom stereocenters. The fourth-order valence-corrected chi connectivity index (χ4v) is 4.98. The lowest BCUT2D eigenvalue weighted by Gasteiger charge is -2.37. The van der Waals surface area contributed by atoms with Crippen molar-refractivity contribution >= 4 is 28.8 Å². The zero-order valence-corrected chi connectivity index (χ0v) is 20.6. The lowest BCUT2D eigenvalue weighted by atomic mass is 9.92. The molecule has 0 saturated heterocycles. The highest BCUT2D eigenvalue weighted by atomic mass is 32.2. The quantitative estimate of drug-likeness (QED) is 0.397. The van der Waals surface area contributed by atoms with Crippen LogP contribution < -0.4 is 14.8 Å². The second-order valence-corrected chi connectivity index (χ2v) is 8.96. The Labute approximate surface area is 203 Å². The van der Waals surface area contributed by atoms with Gasteiger partial charge in [0.15, 0.2) is 16.7 Å². The molecule has 3 aliphatic rings. The predicted molar refractivity (Wildman–Crippen MR) is 129 cm³/mol. The maximum absolute atomic E-state index is 13.3. The molecule has 9 nitrogen and oxygen atoms in total. The molecule has 1 aromatic rings. The molecule has 0 spiro atoms. The third-order valence-electron chi connectivity index (χ3n) is 5.75. The van der Waals surface area contributed by atoms with E-state index in [0.29, 0.717) is 33.5 Å². The van der Waals surface area contributed by atoms with Crippen molar-refractivity contribution in [3.05, 3.63) is 46.1 Å². The minimum absolute atomic E-state index is 0.0533. The van der Waals surface area contributed by atoms with Gasteiger partial charge in [-0.25, -0.2) is 9.79 Å². The van der Waals surface area contributed by atoms with Gasteiger partial charge in [-0.05, 0) is 31.2 Å². The van der Waals surface area contributed by atoms with Crippen LogP contribution in [0.25, 0.3) is 0 Å². The third kappa shape index (κ3) is 4.92. The molecule has 1 aromatic carbocycles. The number of methoxy groups -OCH3 is 3. The van der Waals surface area contributed by atoms with Gasteiger partial charge >= 0.3 is 5.97 Å². The first-order valence-corrected chi connectivity index (χ1v) is 12.0. The van der Waals surface area contributed by atoms with Crippen LogP contribution in [0.1, 0.15) is 37.8 Å². The Morgan fingerprint density at radius 3 is 2.65 bits per heavy atom. The number of carbonyl (C=O) groups is 2. The van der Waals surface area contributed by atoms with E-state index in [1.807, 2.05) is 22.4 Å². The lowest BCUT2D eigenvalue weighted by molar-refractivity contribution is -0.141. The van der Waals surface area contributed by atoms with Crippen molar-refractivity contribution in [3.8, 4) is 11.5 Å². The number of amidine groups is 1. The number of benzene rings is 1. The number of hydrogen-bond donors (Lipinski definition) is 1. The number of ether oxygens (including phenoxy) is 4. The van der Waals surface area contributed by atoms with Gasteiger partial charge in [0.1, 0.15) is 6.61 Å². The fourth-order valence-electron chi connectivity index (χ4n) is 4.02. The summed E-state index contributed by atoms with van der Waals surface area (Å²) in [7, 11) is 4.67. The Morgan fingerprint density at radius 2 is 1.97 bits per heavy atom. The van der Waals surface area contributed by atoms with Crippen molar-refractivity contribution in [2.75, 3.05) is 34.5 Å². The molecule has 1 atom stereocenters. The summed E-state index contributed by atoms with van der Waals surface area (Å²) in [6.07, 6.45) is 2.20. The monoisotopic (exact) mass is 487 g/mol.